The van der Waals surface area contributed by atoms with Gasteiger partial charge in [-0.05, 0) is 43.3 Å². The van der Waals surface area contributed by atoms with Crippen molar-refractivity contribution in [3.63, 3.8) is 0 Å². The summed E-state index contributed by atoms with van der Waals surface area (Å²) in [4.78, 5) is 0. The van der Waals surface area contributed by atoms with Gasteiger partial charge in [0.25, 0.3) is 0 Å². The lowest BCUT2D eigenvalue weighted by molar-refractivity contribution is 0.503. The third-order valence-corrected chi connectivity index (χ3v) is 3.03. The second-order valence-electron chi connectivity index (χ2n) is 4.42. The highest BCUT2D eigenvalue weighted by molar-refractivity contribution is 5.34. The molecule has 1 unspecified atom stereocenters. The summed E-state index contributed by atoms with van der Waals surface area (Å²) in [5, 5.41) is 2.91. The monoisotopic (exact) mass is 265 g/mol. The molecule has 0 saturated heterocycles. The topological polar surface area (TPSA) is 12.0 Å². The SMILES string of the molecule is CNC(c1ccc(F)c(F)c1)c1ccc(C)cc1F. The molecule has 0 saturated carbocycles. The Morgan fingerprint density at radius 2 is 1.63 bits per heavy atom. The van der Waals surface area contributed by atoms with Gasteiger partial charge in [-0.25, -0.2) is 13.2 Å². The summed E-state index contributed by atoms with van der Waals surface area (Å²) < 4.78 is 40.1. The van der Waals surface area contributed by atoms with Gasteiger partial charge in [-0.1, -0.05) is 18.2 Å². The maximum absolute atomic E-state index is 13.9. The van der Waals surface area contributed by atoms with Crippen LogP contribution in [0.4, 0.5) is 13.2 Å². The number of aryl methyl sites for hydroxylation is 1. The minimum absolute atomic E-state index is 0.371. The highest BCUT2D eigenvalue weighted by Crippen LogP contribution is 2.25. The second-order valence-corrected chi connectivity index (χ2v) is 4.42. The Hall–Kier alpha value is -1.81. The normalized spacial score (nSPS) is 12.5. The van der Waals surface area contributed by atoms with Crippen LogP contribution in [-0.2, 0) is 0 Å². The predicted molar refractivity (Wildman–Crippen MR) is 68.4 cm³/mol. The zero-order valence-electron chi connectivity index (χ0n) is 10.7. The van der Waals surface area contributed by atoms with Gasteiger partial charge in [-0.2, -0.15) is 0 Å². The van der Waals surface area contributed by atoms with Gasteiger partial charge in [-0.3, -0.25) is 0 Å². The smallest absolute Gasteiger partial charge is 0.159 e. The van der Waals surface area contributed by atoms with Crippen LogP contribution in [0.3, 0.4) is 0 Å². The van der Waals surface area contributed by atoms with Crippen LogP contribution in [0, 0.1) is 24.4 Å². The molecule has 100 valence electrons. The first-order valence-electron chi connectivity index (χ1n) is 5.91. The average Bonchev–Trinajstić information content (AvgIpc) is 2.37. The first kappa shape index (κ1) is 13.6. The highest BCUT2D eigenvalue weighted by atomic mass is 19.2. The summed E-state index contributed by atoms with van der Waals surface area (Å²) >= 11 is 0. The molecular formula is C15H14F3N. The van der Waals surface area contributed by atoms with Crippen LogP contribution in [0.2, 0.25) is 0 Å². The predicted octanol–water partition coefficient (Wildman–Crippen LogP) is 3.72. The highest BCUT2D eigenvalue weighted by Gasteiger charge is 2.17. The molecule has 0 aliphatic carbocycles. The van der Waals surface area contributed by atoms with Crippen molar-refractivity contribution in [1.29, 1.82) is 0 Å². The van der Waals surface area contributed by atoms with E-state index in [4.69, 9.17) is 0 Å². The third-order valence-electron chi connectivity index (χ3n) is 3.03. The lowest BCUT2D eigenvalue weighted by Gasteiger charge is -2.18. The van der Waals surface area contributed by atoms with E-state index in [-0.39, 0.29) is 5.82 Å². The van der Waals surface area contributed by atoms with Gasteiger partial charge in [-0.15, -0.1) is 0 Å². The van der Waals surface area contributed by atoms with Gasteiger partial charge in [0.1, 0.15) is 5.82 Å². The molecule has 0 aliphatic heterocycles. The van der Waals surface area contributed by atoms with E-state index in [1.807, 2.05) is 0 Å². The largest absolute Gasteiger partial charge is 0.309 e. The first-order valence-corrected chi connectivity index (χ1v) is 5.91. The number of benzene rings is 2. The van der Waals surface area contributed by atoms with Crippen molar-refractivity contribution in [2.45, 2.75) is 13.0 Å². The standard InChI is InChI=1S/C15H14F3N/c1-9-3-5-11(13(17)7-9)15(19-2)10-4-6-12(16)14(18)8-10/h3-8,15,19H,1-2H3. The Morgan fingerprint density at radius 1 is 0.895 bits per heavy atom. The van der Waals surface area contributed by atoms with Crippen LogP contribution >= 0.6 is 0 Å². The molecule has 0 radical (unpaired) electrons. The molecule has 1 N–H and O–H groups in total. The van der Waals surface area contributed by atoms with Crippen LogP contribution in [0.25, 0.3) is 0 Å². The van der Waals surface area contributed by atoms with Crippen LogP contribution < -0.4 is 5.32 Å². The maximum atomic E-state index is 13.9. The quantitative estimate of drug-likeness (QED) is 0.891. The summed E-state index contributed by atoms with van der Waals surface area (Å²) in [7, 11) is 1.64. The van der Waals surface area contributed by atoms with E-state index in [1.165, 1.54) is 12.1 Å². The van der Waals surface area contributed by atoms with E-state index < -0.39 is 17.7 Å². The van der Waals surface area contributed by atoms with Crippen molar-refractivity contribution >= 4 is 0 Å². The van der Waals surface area contributed by atoms with Crippen LogP contribution in [0.1, 0.15) is 22.7 Å². The molecule has 2 aromatic carbocycles. The zero-order chi connectivity index (χ0) is 14.0. The Labute approximate surface area is 110 Å². The van der Waals surface area contributed by atoms with Gasteiger partial charge in [0, 0.05) is 5.56 Å². The van der Waals surface area contributed by atoms with E-state index in [9.17, 15) is 13.2 Å². The Balaban J connectivity index is 2.46. The molecule has 0 spiro atoms. The molecule has 1 nitrogen and oxygen atoms in total. The van der Waals surface area contributed by atoms with Crippen molar-refractivity contribution in [2.75, 3.05) is 7.05 Å². The molecule has 1 atom stereocenters. The van der Waals surface area contributed by atoms with Gasteiger partial charge in [0.05, 0.1) is 6.04 Å². The zero-order valence-corrected chi connectivity index (χ0v) is 10.7. The molecule has 0 aromatic heterocycles. The lowest BCUT2D eigenvalue weighted by Crippen LogP contribution is -2.19. The summed E-state index contributed by atoms with van der Waals surface area (Å²) in [6.07, 6.45) is 0. The number of rotatable bonds is 3. The molecule has 0 heterocycles. The third kappa shape index (κ3) is 2.79. The number of hydrogen-bond donors (Lipinski definition) is 1. The lowest BCUT2D eigenvalue weighted by atomic mass is 9.97. The Morgan fingerprint density at radius 3 is 2.21 bits per heavy atom. The molecule has 0 amide bonds. The maximum Gasteiger partial charge on any atom is 0.159 e. The fourth-order valence-electron chi connectivity index (χ4n) is 2.06. The molecule has 19 heavy (non-hydrogen) atoms. The summed E-state index contributed by atoms with van der Waals surface area (Å²) in [5.74, 6) is -2.22. The van der Waals surface area contributed by atoms with E-state index in [2.05, 4.69) is 5.32 Å². The van der Waals surface area contributed by atoms with Crippen molar-refractivity contribution < 1.29 is 13.2 Å². The van der Waals surface area contributed by atoms with Gasteiger partial charge >= 0.3 is 0 Å². The summed E-state index contributed by atoms with van der Waals surface area (Å²) in [6.45, 7) is 1.79. The first-order chi connectivity index (χ1) is 9.02. The van der Waals surface area contributed by atoms with Crippen LogP contribution in [-0.4, -0.2) is 7.05 Å². The van der Waals surface area contributed by atoms with Crippen LogP contribution in [0.5, 0.6) is 0 Å². The second kappa shape index (κ2) is 5.45. The van der Waals surface area contributed by atoms with Gasteiger partial charge < -0.3 is 5.32 Å². The van der Waals surface area contributed by atoms with Crippen molar-refractivity contribution in [1.82, 2.24) is 5.32 Å². The average molecular weight is 265 g/mol. The molecule has 0 fully saturated rings. The molecule has 0 aliphatic rings. The van der Waals surface area contributed by atoms with E-state index in [0.29, 0.717) is 11.1 Å². The number of halogens is 3. The summed E-state index contributed by atoms with van der Waals surface area (Å²) in [6, 6.07) is 7.89. The van der Waals surface area contributed by atoms with Gasteiger partial charge in [0.2, 0.25) is 0 Å². The van der Waals surface area contributed by atoms with E-state index in [1.54, 1.807) is 26.1 Å². The van der Waals surface area contributed by atoms with Crippen molar-refractivity contribution in [3.8, 4) is 0 Å². The molecule has 2 aromatic rings. The molecule has 4 heteroatoms. The molecular weight excluding hydrogens is 251 g/mol. The van der Waals surface area contributed by atoms with Crippen LogP contribution in [0.15, 0.2) is 36.4 Å². The number of nitrogens with one attached hydrogen (secondary N) is 1. The fourth-order valence-corrected chi connectivity index (χ4v) is 2.06. The van der Waals surface area contributed by atoms with Crippen molar-refractivity contribution in [3.05, 3.63) is 70.5 Å². The Kier molecular flexibility index (Phi) is 3.90. The van der Waals surface area contributed by atoms with Gasteiger partial charge in [0.15, 0.2) is 11.6 Å². The minimum Gasteiger partial charge on any atom is -0.309 e. The van der Waals surface area contributed by atoms with E-state index >= 15 is 0 Å². The molecule has 2 rings (SSSR count). The molecule has 0 bridgehead atoms. The number of hydrogen-bond acceptors (Lipinski definition) is 1. The van der Waals surface area contributed by atoms with Crippen molar-refractivity contribution in [2.24, 2.45) is 0 Å². The van der Waals surface area contributed by atoms with E-state index in [0.717, 1.165) is 17.7 Å². The Bertz CT molecular complexity index is 596. The minimum atomic E-state index is -0.940. The summed E-state index contributed by atoms with van der Waals surface area (Å²) in [5.41, 5.74) is 1.68. The fraction of sp³-hybridized carbons (Fsp3) is 0.200.